The lowest BCUT2D eigenvalue weighted by atomic mass is 10.1. The third kappa shape index (κ3) is 3.17. The maximum absolute atomic E-state index is 12.7. The Balaban J connectivity index is 1.72. The minimum atomic E-state index is -1.06. The Morgan fingerprint density at radius 3 is 1.70 bits per heavy atom. The van der Waals surface area contributed by atoms with Gasteiger partial charge in [0.1, 0.15) is 11.0 Å². The number of fused-ring (bicyclic) bond motifs is 2. The molecule has 0 aliphatic carbocycles. The molecular formula is C19H16N6O5. The zero-order valence-electron chi connectivity index (χ0n) is 15.6. The van der Waals surface area contributed by atoms with Gasteiger partial charge in [0.15, 0.2) is 22.5 Å². The van der Waals surface area contributed by atoms with E-state index in [4.69, 9.17) is 9.47 Å². The molecule has 0 fully saturated rings. The number of allylic oxidation sites excluding steroid dienone is 2. The van der Waals surface area contributed by atoms with Gasteiger partial charge in [0, 0.05) is 11.1 Å². The third-order valence-corrected chi connectivity index (χ3v) is 4.37. The Bertz CT molecular complexity index is 1190. The highest BCUT2D eigenvalue weighted by molar-refractivity contribution is 5.88. The van der Waals surface area contributed by atoms with Gasteiger partial charge in [-0.3, -0.25) is 0 Å². The monoisotopic (exact) mass is 408 g/mol. The molecule has 2 N–H and O–H groups in total. The molecule has 0 saturated heterocycles. The Morgan fingerprint density at radius 2 is 1.30 bits per heavy atom. The maximum atomic E-state index is 12.7. The molecule has 0 amide bonds. The van der Waals surface area contributed by atoms with Gasteiger partial charge in [-0.15, -0.1) is 23.4 Å². The van der Waals surface area contributed by atoms with E-state index in [-0.39, 0.29) is 33.6 Å². The summed E-state index contributed by atoms with van der Waals surface area (Å²) in [7, 11) is 0. The van der Waals surface area contributed by atoms with E-state index in [1.54, 1.807) is 36.4 Å². The average Bonchev–Trinajstić information content (AvgIpc) is 3.29. The first-order valence-electron chi connectivity index (χ1n) is 8.78. The molecule has 0 spiro atoms. The van der Waals surface area contributed by atoms with Gasteiger partial charge >= 0.3 is 6.16 Å². The molecule has 152 valence electrons. The van der Waals surface area contributed by atoms with Gasteiger partial charge in [-0.05, 0) is 35.4 Å². The Kier molecular flexibility index (Phi) is 4.76. The van der Waals surface area contributed by atoms with Crippen molar-refractivity contribution in [2.45, 2.75) is 12.8 Å². The maximum Gasteiger partial charge on any atom is 0.519 e. The van der Waals surface area contributed by atoms with Gasteiger partial charge < -0.3 is 19.9 Å². The second-order valence-corrected chi connectivity index (χ2v) is 6.24. The molecule has 4 aromatic rings. The van der Waals surface area contributed by atoms with Crippen LogP contribution in [0.15, 0.2) is 49.6 Å². The lowest BCUT2D eigenvalue weighted by molar-refractivity contribution is 0.151. The number of rotatable bonds is 6. The van der Waals surface area contributed by atoms with E-state index >= 15 is 0 Å². The van der Waals surface area contributed by atoms with Crippen LogP contribution in [0.4, 0.5) is 4.79 Å². The summed E-state index contributed by atoms with van der Waals surface area (Å²) < 4.78 is 10.9. The summed E-state index contributed by atoms with van der Waals surface area (Å²) in [6.45, 7) is 7.37. The minimum Gasteiger partial charge on any atom is -0.410 e. The van der Waals surface area contributed by atoms with E-state index in [0.29, 0.717) is 33.7 Å². The first-order chi connectivity index (χ1) is 14.5. The average molecular weight is 408 g/mol. The number of carbonyl (C=O) groups excluding carboxylic acids is 1. The Morgan fingerprint density at radius 1 is 0.867 bits per heavy atom. The zero-order valence-corrected chi connectivity index (χ0v) is 15.6. The molecule has 11 nitrogen and oxygen atoms in total. The van der Waals surface area contributed by atoms with E-state index in [0.717, 1.165) is 0 Å². The summed E-state index contributed by atoms with van der Waals surface area (Å²) in [5, 5.41) is 34.2. The van der Waals surface area contributed by atoms with E-state index < -0.39 is 6.16 Å². The van der Waals surface area contributed by atoms with Crippen molar-refractivity contribution in [2.75, 3.05) is 0 Å². The molecule has 2 aromatic heterocycles. The molecule has 0 saturated carbocycles. The molecule has 0 atom stereocenters. The van der Waals surface area contributed by atoms with Crippen LogP contribution in [-0.4, -0.2) is 46.9 Å². The first-order valence-corrected chi connectivity index (χ1v) is 8.78. The lowest BCUT2D eigenvalue weighted by Crippen LogP contribution is -2.16. The fourth-order valence-corrected chi connectivity index (χ4v) is 3.04. The number of nitrogens with zero attached hydrogens (tertiary/aromatic N) is 6. The number of hydrogen-bond acceptors (Lipinski definition) is 9. The molecule has 0 unspecified atom stereocenters. The van der Waals surface area contributed by atoms with Crippen LogP contribution in [0.2, 0.25) is 0 Å². The molecule has 11 heteroatoms. The van der Waals surface area contributed by atoms with Crippen molar-refractivity contribution in [3.05, 3.63) is 60.7 Å². The van der Waals surface area contributed by atoms with Crippen LogP contribution in [0.3, 0.4) is 0 Å². The molecule has 4 rings (SSSR count). The second kappa shape index (κ2) is 7.54. The van der Waals surface area contributed by atoms with Crippen molar-refractivity contribution in [1.82, 2.24) is 30.3 Å². The fraction of sp³-hybridized carbons (Fsp3) is 0.105. The van der Waals surface area contributed by atoms with Crippen molar-refractivity contribution in [2.24, 2.45) is 0 Å². The second-order valence-electron chi connectivity index (χ2n) is 6.24. The largest absolute Gasteiger partial charge is 0.519 e. The molecule has 2 aromatic carbocycles. The van der Waals surface area contributed by atoms with Gasteiger partial charge in [0.25, 0.3) is 0 Å². The van der Waals surface area contributed by atoms with Crippen molar-refractivity contribution >= 4 is 28.2 Å². The van der Waals surface area contributed by atoms with Crippen molar-refractivity contribution in [3.63, 3.8) is 0 Å². The van der Waals surface area contributed by atoms with E-state index in [1.807, 2.05) is 0 Å². The zero-order chi connectivity index (χ0) is 21.3. The van der Waals surface area contributed by atoms with Crippen molar-refractivity contribution in [3.8, 4) is 11.5 Å². The number of hydrogen-bond donors (Lipinski definition) is 2. The van der Waals surface area contributed by atoms with Crippen LogP contribution >= 0.6 is 0 Å². The summed E-state index contributed by atoms with van der Waals surface area (Å²) in [4.78, 5) is 13.8. The van der Waals surface area contributed by atoms with Gasteiger partial charge in [-0.2, -0.15) is 0 Å². The Labute approximate surface area is 169 Å². The lowest BCUT2D eigenvalue weighted by Gasteiger charge is -2.12. The number of benzene rings is 2. The number of aromatic nitrogens is 6. The topological polar surface area (TPSA) is 137 Å². The molecule has 30 heavy (non-hydrogen) atoms. The highest BCUT2D eigenvalue weighted by Gasteiger charge is 2.22. The molecule has 0 aliphatic rings. The highest BCUT2D eigenvalue weighted by Crippen LogP contribution is 2.32. The van der Waals surface area contributed by atoms with Crippen LogP contribution in [0, 0.1) is 0 Å². The fourth-order valence-electron chi connectivity index (χ4n) is 3.04. The van der Waals surface area contributed by atoms with Gasteiger partial charge in [-0.25, -0.2) is 4.79 Å². The predicted molar refractivity (Wildman–Crippen MR) is 104 cm³/mol. The van der Waals surface area contributed by atoms with E-state index in [2.05, 4.69) is 33.8 Å². The van der Waals surface area contributed by atoms with Crippen molar-refractivity contribution in [1.29, 1.82) is 0 Å². The first kappa shape index (κ1) is 18.9. The minimum absolute atomic E-state index is 0.0842. The van der Waals surface area contributed by atoms with Gasteiger partial charge in [-0.1, -0.05) is 34.0 Å². The van der Waals surface area contributed by atoms with E-state index in [9.17, 15) is 15.2 Å². The Hall–Kier alpha value is -4.41. The standard InChI is InChI=1S/C19H16N6O5/c1-3-5-11-7-9-13-15(20-22-24(13)27)17(11)29-19(26)30-18-12(6-4-2)8-10-14-16(18)21-23-25(14)28/h3-4,7-10,27-28H,1-2,5-6H2. The molecule has 2 heterocycles. The van der Waals surface area contributed by atoms with Crippen LogP contribution in [0.1, 0.15) is 11.1 Å². The van der Waals surface area contributed by atoms with E-state index in [1.165, 1.54) is 0 Å². The summed E-state index contributed by atoms with van der Waals surface area (Å²) in [5.74, 6) is 0.168. The van der Waals surface area contributed by atoms with Crippen LogP contribution in [0.25, 0.3) is 22.1 Å². The molecule has 0 bridgehead atoms. The van der Waals surface area contributed by atoms with Gasteiger partial charge in [0.2, 0.25) is 0 Å². The predicted octanol–water partition coefficient (Wildman–Crippen LogP) is 2.69. The quantitative estimate of drug-likeness (QED) is 0.213. The summed E-state index contributed by atoms with van der Waals surface area (Å²) in [6.07, 6.45) is 2.96. The smallest absolute Gasteiger partial charge is 0.410 e. The van der Waals surface area contributed by atoms with Crippen molar-refractivity contribution < 1.29 is 24.7 Å². The number of ether oxygens (including phenoxy) is 2. The van der Waals surface area contributed by atoms with Crippen LogP contribution < -0.4 is 9.47 Å². The summed E-state index contributed by atoms with van der Waals surface area (Å²) in [6, 6.07) is 6.50. The van der Waals surface area contributed by atoms with Crippen LogP contribution in [0.5, 0.6) is 11.5 Å². The SMILES string of the molecule is C=CCc1ccc2c(nnn2O)c1OC(=O)Oc1c(CC=C)ccc2c1nnn2O. The molecule has 0 aliphatic heterocycles. The summed E-state index contributed by atoms with van der Waals surface area (Å²) >= 11 is 0. The normalized spacial score (nSPS) is 10.9. The number of carbonyl (C=O) groups is 1. The highest BCUT2D eigenvalue weighted by atomic mass is 16.7. The van der Waals surface area contributed by atoms with Gasteiger partial charge in [0.05, 0.1) is 0 Å². The molecular weight excluding hydrogens is 392 g/mol. The molecule has 0 radical (unpaired) electrons. The van der Waals surface area contributed by atoms with Crippen LogP contribution in [-0.2, 0) is 12.8 Å². The third-order valence-electron chi connectivity index (χ3n) is 4.37. The summed E-state index contributed by atoms with van der Waals surface area (Å²) in [5.41, 5.74) is 2.06.